The first-order valence-electron chi connectivity index (χ1n) is 6.73. The van der Waals surface area contributed by atoms with Crippen LogP contribution >= 0.6 is 0 Å². The first-order chi connectivity index (χ1) is 9.70. The van der Waals surface area contributed by atoms with Gasteiger partial charge in [-0.15, -0.1) is 0 Å². The van der Waals surface area contributed by atoms with Crippen molar-refractivity contribution < 1.29 is 4.79 Å². The highest BCUT2D eigenvalue weighted by Crippen LogP contribution is 2.18. The van der Waals surface area contributed by atoms with E-state index in [2.05, 4.69) is 6.07 Å². The van der Waals surface area contributed by atoms with Gasteiger partial charge in [-0.2, -0.15) is 5.26 Å². The summed E-state index contributed by atoms with van der Waals surface area (Å²) in [6, 6.07) is 19.5. The fourth-order valence-corrected chi connectivity index (χ4v) is 2.14. The second-order valence-corrected chi connectivity index (χ2v) is 4.92. The van der Waals surface area contributed by atoms with Gasteiger partial charge in [-0.25, -0.2) is 0 Å². The van der Waals surface area contributed by atoms with Gasteiger partial charge in [0.15, 0.2) is 5.78 Å². The lowest BCUT2D eigenvalue weighted by atomic mass is 9.92. The number of nitriles is 1. The van der Waals surface area contributed by atoms with Crippen molar-refractivity contribution >= 4 is 5.78 Å². The van der Waals surface area contributed by atoms with Gasteiger partial charge in [0.2, 0.25) is 0 Å². The van der Waals surface area contributed by atoms with E-state index in [0.29, 0.717) is 12.8 Å². The Morgan fingerprint density at radius 1 is 1.10 bits per heavy atom. The van der Waals surface area contributed by atoms with Gasteiger partial charge >= 0.3 is 0 Å². The third-order valence-electron chi connectivity index (χ3n) is 3.36. The molecule has 2 rings (SSSR count). The molecule has 0 aliphatic heterocycles. The Labute approximate surface area is 119 Å². The molecule has 0 aliphatic carbocycles. The lowest BCUT2D eigenvalue weighted by molar-refractivity contribution is -0.119. The molecule has 0 amide bonds. The Morgan fingerprint density at radius 3 is 2.35 bits per heavy atom. The number of ketones is 1. The average molecular weight is 263 g/mol. The van der Waals surface area contributed by atoms with Crippen molar-refractivity contribution in [2.45, 2.75) is 25.7 Å². The van der Waals surface area contributed by atoms with E-state index < -0.39 is 5.92 Å². The summed E-state index contributed by atoms with van der Waals surface area (Å²) in [5.74, 6) is -0.666. The summed E-state index contributed by atoms with van der Waals surface area (Å²) in [5, 5.41) is 9.21. The third-order valence-corrected chi connectivity index (χ3v) is 3.36. The zero-order chi connectivity index (χ0) is 14.4. The third kappa shape index (κ3) is 3.55. The molecular formula is C18H17NO. The molecule has 0 aliphatic rings. The van der Waals surface area contributed by atoms with Crippen molar-refractivity contribution in [3.05, 3.63) is 71.3 Å². The summed E-state index contributed by atoms with van der Waals surface area (Å²) in [6.45, 7) is 2.04. The number of aryl methyl sites for hydroxylation is 2. The van der Waals surface area contributed by atoms with Crippen LogP contribution in [0.5, 0.6) is 0 Å². The minimum atomic E-state index is -0.651. The molecule has 0 spiro atoms. The van der Waals surface area contributed by atoms with Crippen molar-refractivity contribution in [2.75, 3.05) is 0 Å². The normalized spacial score (nSPS) is 11.6. The minimum absolute atomic E-state index is 0.0146. The average Bonchev–Trinajstić information content (AvgIpc) is 2.48. The first-order valence-corrected chi connectivity index (χ1v) is 6.73. The molecule has 0 saturated carbocycles. The largest absolute Gasteiger partial charge is 0.298 e. The second kappa shape index (κ2) is 6.68. The van der Waals surface area contributed by atoms with Crippen LogP contribution in [0.1, 0.15) is 29.0 Å². The van der Waals surface area contributed by atoms with Crippen LogP contribution in [-0.4, -0.2) is 5.78 Å². The smallest absolute Gasteiger partial charge is 0.154 e. The molecule has 1 atom stereocenters. The first kappa shape index (κ1) is 14.0. The Bertz CT molecular complexity index is 608. The van der Waals surface area contributed by atoms with E-state index in [9.17, 15) is 10.1 Å². The summed E-state index contributed by atoms with van der Waals surface area (Å²) < 4.78 is 0. The Kier molecular flexibility index (Phi) is 4.68. The van der Waals surface area contributed by atoms with Crippen LogP contribution in [0.4, 0.5) is 0 Å². The molecule has 1 unspecified atom stereocenters. The minimum Gasteiger partial charge on any atom is -0.298 e. The standard InChI is InChI=1S/C18H17NO/c1-14-7-9-15(10-8-14)11-12-18(20)17(13-19)16-5-3-2-4-6-16/h2-10,17H,11-12H2,1H3. The van der Waals surface area contributed by atoms with Crippen LogP contribution in [0.15, 0.2) is 54.6 Å². The Balaban J connectivity index is 2.00. The van der Waals surface area contributed by atoms with Crippen LogP contribution in [0.2, 0.25) is 0 Å². The van der Waals surface area contributed by atoms with E-state index in [0.717, 1.165) is 11.1 Å². The molecule has 0 heterocycles. The van der Waals surface area contributed by atoms with Gasteiger partial charge in [0.1, 0.15) is 5.92 Å². The lowest BCUT2D eigenvalue weighted by Gasteiger charge is -2.08. The molecular weight excluding hydrogens is 246 g/mol. The van der Waals surface area contributed by atoms with Gasteiger partial charge in [0.25, 0.3) is 0 Å². The Morgan fingerprint density at radius 2 is 1.75 bits per heavy atom. The van der Waals surface area contributed by atoms with Crippen molar-refractivity contribution in [1.82, 2.24) is 0 Å². The number of benzene rings is 2. The summed E-state index contributed by atoms with van der Waals surface area (Å²) in [5.41, 5.74) is 3.12. The van der Waals surface area contributed by atoms with E-state index in [1.165, 1.54) is 5.56 Å². The number of hydrogen-bond acceptors (Lipinski definition) is 2. The van der Waals surface area contributed by atoms with Crippen molar-refractivity contribution in [2.24, 2.45) is 0 Å². The molecule has 0 N–H and O–H groups in total. The van der Waals surface area contributed by atoms with Gasteiger partial charge < -0.3 is 0 Å². The quantitative estimate of drug-likeness (QED) is 0.823. The molecule has 100 valence electrons. The Hall–Kier alpha value is -2.40. The van der Waals surface area contributed by atoms with Gasteiger partial charge in [0, 0.05) is 6.42 Å². The van der Waals surface area contributed by atoms with Gasteiger partial charge in [-0.3, -0.25) is 4.79 Å². The summed E-state index contributed by atoms with van der Waals surface area (Å²) >= 11 is 0. The van der Waals surface area contributed by atoms with E-state index >= 15 is 0 Å². The van der Waals surface area contributed by atoms with Gasteiger partial charge in [-0.05, 0) is 24.5 Å². The summed E-state index contributed by atoms with van der Waals surface area (Å²) in [6.07, 6.45) is 1.08. The summed E-state index contributed by atoms with van der Waals surface area (Å²) in [4.78, 5) is 12.2. The lowest BCUT2D eigenvalue weighted by Crippen LogP contribution is -2.11. The van der Waals surface area contributed by atoms with Crippen LogP contribution in [0.25, 0.3) is 0 Å². The highest BCUT2D eigenvalue weighted by Gasteiger charge is 2.19. The van der Waals surface area contributed by atoms with E-state index in [1.807, 2.05) is 61.5 Å². The maximum atomic E-state index is 12.2. The maximum absolute atomic E-state index is 12.2. The highest BCUT2D eigenvalue weighted by atomic mass is 16.1. The monoisotopic (exact) mass is 263 g/mol. The van der Waals surface area contributed by atoms with Gasteiger partial charge in [0.05, 0.1) is 6.07 Å². The zero-order valence-electron chi connectivity index (χ0n) is 11.5. The topological polar surface area (TPSA) is 40.9 Å². The fraction of sp³-hybridized carbons (Fsp3) is 0.222. The number of carbonyl (C=O) groups is 1. The molecule has 20 heavy (non-hydrogen) atoms. The van der Waals surface area contributed by atoms with Crippen LogP contribution in [0, 0.1) is 18.3 Å². The molecule has 0 bridgehead atoms. The molecule has 2 heteroatoms. The number of Topliss-reactive ketones (excluding diaryl/α,β-unsaturated/α-hetero) is 1. The van der Waals surface area contributed by atoms with Crippen molar-refractivity contribution in [3.63, 3.8) is 0 Å². The van der Waals surface area contributed by atoms with E-state index in [4.69, 9.17) is 0 Å². The van der Waals surface area contributed by atoms with Crippen molar-refractivity contribution in [1.29, 1.82) is 5.26 Å². The zero-order valence-corrected chi connectivity index (χ0v) is 11.5. The second-order valence-electron chi connectivity index (χ2n) is 4.92. The number of rotatable bonds is 5. The maximum Gasteiger partial charge on any atom is 0.154 e. The number of hydrogen-bond donors (Lipinski definition) is 0. The highest BCUT2D eigenvalue weighted by molar-refractivity contribution is 5.88. The van der Waals surface area contributed by atoms with Crippen molar-refractivity contribution in [3.8, 4) is 6.07 Å². The van der Waals surface area contributed by atoms with E-state index in [1.54, 1.807) is 0 Å². The van der Waals surface area contributed by atoms with Crippen LogP contribution in [0.3, 0.4) is 0 Å². The molecule has 2 aromatic carbocycles. The van der Waals surface area contributed by atoms with E-state index in [-0.39, 0.29) is 5.78 Å². The summed E-state index contributed by atoms with van der Waals surface area (Å²) in [7, 11) is 0. The molecule has 2 aromatic rings. The molecule has 0 saturated heterocycles. The number of carbonyl (C=O) groups excluding carboxylic acids is 1. The molecule has 2 nitrogen and oxygen atoms in total. The predicted octanol–water partition coefficient (Wildman–Crippen LogP) is 3.80. The number of nitrogens with zero attached hydrogens (tertiary/aromatic N) is 1. The van der Waals surface area contributed by atoms with Crippen LogP contribution in [-0.2, 0) is 11.2 Å². The SMILES string of the molecule is Cc1ccc(CCC(=O)C(C#N)c2ccccc2)cc1. The molecule has 0 fully saturated rings. The van der Waals surface area contributed by atoms with Crippen LogP contribution < -0.4 is 0 Å². The fourth-order valence-electron chi connectivity index (χ4n) is 2.14. The predicted molar refractivity (Wildman–Crippen MR) is 79.3 cm³/mol. The molecule has 0 radical (unpaired) electrons. The molecule has 0 aromatic heterocycles. The van der Waals surface area contributed by atoms with Gasteiger partial charge in [-0.1, -0.05) is 60.2 Å².